The summed E-state index contributed by atoms with van der Waals surface area (Å²) in [4.78, 5) is 4.19. The Morgan fingerprint density at radius 2 is 2.10 bits per heavy atom. The van der Waals surface area contributed by atoms with Crippen molar-refractivity contribution >= 4 is 28.2 Å². The molecular formula is C13H14N6S2. The van der Waals surface area contributed by atoms with Crippen LogP contribution in [0.3, 0.4) is 0 Å². The van der Waals surface area contributed by atoms with Crippen LogP contribution < -0.4 is 5.32 Å². The maximum atomic E-state index is 4.19. The normalized spacial score (nSPS) is 10.7. The number of hydrogen-bond acceptors (Lipinski definition) is 7. The van der Waals surface area contributed by atoms with E-state index in [1.807, 2.05) is 25.2 Å². The molecule has 0 saturated heterocycles. The number of hydrogen-bond donors (Lipinski definition) is 1. The summed E-state index contributed by atoms with van der Waals surface area (Å²) in [5.41, 5.74) is 1.22. The third kappa shape index (κ3) is 3.79. The van der Waals surface area contributed by atoms with E-state index in [0.717, 1.165) is 27.6 Å². The number of aromatic nitrogens is 5. The van der Waals surface area contributed by atoms with E-state index in [9.17, 15) is 0 Å². The zero-order valence-corrected chi connectivity index (χ0v) is 13.1. The maximum Gasteiger partial charge on any atom is 0.206 e. The van der Waals surface area contributed by atoms with Crippen molar-refractivity contribution in [3.8, 4) is 0 Å². The van der Waals surface area contributed by atoms with Gasteiger partial charge < -0.3 is 5.32 Å². The molecule has 0 saturated carbocycles. The van der Waals surface area contributed by atoms with Gasteiger partial charge in [-0.25, -0.2) is 4.98 Å². The Hall–Kier alpha value is -1.93. The second-order valence-corrected chi connectivity index (χ2v) is 6.50. The molecule has 0 aliphatic rings. The van der Waals surface area contributed by atoms with E-state index < -0.39 is 0 Å². The maximum absolute atomic E-state index is 4.19. The van der Waals surface area contributed by atoms with E-state index in [2.05, 4.69) is 37.7 Å². The summed E-state index contributed by atoms with van der Waals surface area (Å²) < 4.78 is 2.69. The Balaban J connectivity index is 1.53. The van der Waals surface area contributed by atoms with Crippen LogP contribution in [0.2, 0.25) is 0 Å². The molecule has 1 N–H and O–H groups in total. The van der Waals surface area contributed by atoms with Gasteiger partial charge in [-0.15, -0.1) is 10.2 Å². The largest absolute Gasteiger partial charge is 0.356 e. The Kier molecular flexibility index (Phi) is 4.46. The second-order valence-electron chi connectivity index (χ2n) is 4.30. The van der Waals surface area contributed by atoms with E-state index in [1.165, 1.54) is 5.56 Å². The van der Waals surface area contributed by atoms with Crippen LogP contribution in [0.1, 0.15) is 11.4 Å². The first-order valence-electron chi connectivity index (χ1n) is 6.38. The number of nitrogens with one attached hydrogen (secondary N) is 1. The highest BCUT2D eigenvalue weighted by Crippen LogP contribution is 2.27. The molecule has 0 aliphatic heterocycles. The van der Waals surface area contributed by atoms with E-state index in [-0.39, 0.29) is 0 Å². The first-order valence-corrected chi connectivity index (χ1v) is 8.18. The average molecular weight is 318 g/mol. The number of thioether (sulfide) groups is 1. The molecule has 0 aliphatic carbocycles. The van der Waals surface area contributed by atoms with Crippen molar-refractivity contribution in [3.63, 3.8) is 0 Å². The highest BCUT2D eigenvalue weighted by atomic mass is 32.2. The Morgan fingerprint density at radius 1 is 1.24 bits per heavy atom. The molecule has 0 bridgehead atoms. The highest BCUT2D eigenvalue weighted by molar-refractivity contribution is 8.00. The zero-order valence-electron chi connectivity index (χ0n) is 11.4. The number of anilines is 1. The van der Waals surface area contributed by atoms with Crippen molar-refractivity contribution in [2.75, 3.05) is 5.32 Å². The molecule has 0 atom stereocenters. The van der Waals surface area contributed by atoms with Crippen LogP contribution in [0.5, 0.6) is 0 Å². The minimum absolute atomic E-state index is 0.740. The summed E-state index contributed by atoms with van der Waals surface area (Å²) in [5.74, 6) is 1.66. The quantitative estimate of drug-likeness (QED) is 0.705. The lowest BCUT2D eigenvalue weighted by molar-refractivity contribution is 0.730. The molecule has 0 amide bonds. The van der Waals surface area contributed by atoms with Gasteiger partial charge in [-0.05, 0) is 5.56 Å². The van der Waals surface area contributed by atoms with E-state index >= 15 is 0 Å². The van der Waals surface area contributed by atoms with Crippen molar-refractivity contribution in [1.29, 1.82) is 0 Å². The standard InChI is InChI=1S/C13H14N6S2/c1-19-11(15-9-16-19)8-20-13-18-17-12(21-13)14-7-10-5-3-2-4-6-10/h2-6,9H,7-8H2,1H3,(H,14,17). The van der Waals surface area contributed by atoms with Gasteiger partial charge in [-0.2, -0.15) is 5.10 Å². The summed E-state index contributed by atoms with van der Waals surface area (Å²) in [7, 11) is 1.88. The predicted octanol–water partition coefficient (Wildman–Crippen LogP) is 2.57. The van der Waals surface area contributed by atoms with Gasteiger partial charge >= 0.3 is 0 Å². The van der Waals surface area contributed by atoms with Crippen molar-refractivity contribution in [2.24, 2.45) is 7.05 Å². The van der Waals surface area contributed by atoms with Gasteiger partial charge in [-0.3, -0.25) is 4.68 Å². The van der Waals surface area contributed by atoms with Gasteiger partial charge in [0.2, 0.25) is 5.13 Å². The van der Waals surface area contributed by atoms with Crippen molar-refractivity contribution in [3.05, 3.63) is 48.0 Å². The van der Waals surface area contributed by atoms with Gasteiger partial charge in [0, 0.05) is 13.6 Å². The fourth-order valence-corrected chi connectivity index (χ4v) is 3.42. The lowest BCUT2D eigenvalue weighted by atomic mass is 10.2. The minimum Gasteiger partial charge on any atom is -0.356 e. The molecule has 0 spiro atoms. The molecule has 0 radical (unpaired) electrons. The van der Waals surface area contributed by atoms with Gasteiger partial charge in [0.25, 0.3) is 0 Å². The van der Waals surface area contributed by atoms with Crippen molar-refractivity contribution in [2.45, 2.75) is 16.6 Å². The molecule has 21 heavy (non-hydrogen) atoms. The third-order valence-corrected chi connectivity index (χ3v) is 4.83. The first-order chi connectivity index (χ1) is 10.3. The highest BCUT2D eigenvalue weighted by Gasteiger charge is 2.07. The summed E-state index contributed by atoms with van der Waals surface area (Å²) in [5, 5.41) is 16.5. The monoisotopic (exact) mass is 318 g/mol. The SMILES string of the molecule is Cn1ncnc1CSc1nnc(NCc2ccccc2)s1. The number of rotatable bonds is 6. The van der Waals surface area contributed by atoms with Crippen LogP contribution in [0.15, 0.2) is 41.0 Å². The summed E-state index contributed by atoms with van der Waals surface area (Å²) >= 11 is 3.17. The van der Waals surface area contributed by atoms with Crippen LogP contribution in [-0.4, -0.2) is 25.0 Å². The van der Waals surface area contributed by atoms with Crippen molar-refractivity contribution < 1.29 is 0 Å². The Bertz CT molecular complexity index is 694. The molecule has 6 nitrogen and oxygen atoms in total. The van der Waals surface area contributed by atoms with Crippen LogP contribution >= 0.6 is 23.1 Å². The molecule has 108 valence electrons. The summed E-state index contributed by atoms with van der Waals surface area (Å²) in [6, 6.07) is 10.2. The molecule has 0 unspecified atom stereocenters. The Morgan fingerprint density at radius 3 is 2.86 bits per heavy atom. The van der Waals surface area contributed by atoms with Crippen LogP contribution in [0.4, 0.5) is 5.13 Å². The van der Waals surface area contributed by atoms with Crippen molar-refractivity contribution in [1.82, 2.24) is 25.0 Å². The Labute approximate surface area is 130 Å². The van der Waals surface area contributed by atoms with Gasteiger partial charge in [0.05, 0.1) is 5.75 Å². The zero-order chi connectivity index (χ0) is 14.5. The first kappa shape index (κ1) is 14.0. The van der Waals surface area contributed by atoms with Gasteiger partial charge in [0.1, 0.15) is 12.2 Å². The van der Waals surface area contributed by atoms with Crippen LogP contribution in [0.25, 0.3) is 0 Å². The smallest absolute Gasteiger partial charge is 0.206 e. The van der Waals surface area contributed by atoms with Crippen LogP contribution in [-0.2, 0) is 19.3 Å². The molecule has 2 heterocycles. The van der Waals surface area contributed by atoms with Gasteiger partial charge in [0.15, 0.2) is 4.34 Å². The topological polar surface area (TPSA) is 68.5 Å². The average Bonchev–Trinajstić information content (AvgIpc) is 3.13. The van der Waals surface area contributed by atoms with E-state index in [4.69, 9.17) is 0 Å². The summed E-state index contributed by atoms with van der Waals surface area (Å²) in [6.07, 6.45) is 1.56. The van der Waals surface area contributed by atoms with E-state index in [0.29, 0.717) is 0 Å². The van der Waals surface area contributed by atoms with Gasteiger partial charge in [-0.1, -0.05) is 53.4 Å². The van der Waals surface area contributed by atoms with E-state index in [1.54, 1.807) is 34.1 Å². The molecular weight excluding hydrogens is 304 g/mol. The molecule has 8 heteroatoms. The molecule has 3 rings (SSSR count). The summed E-state index contributed by atoms with van der Waals surface area (Å²) in [6.45, 7) is 0.753. The number of nitrogens with zero attached hydrogens (tertiary/aromatic N) is 5. The number of aryl methyl sites for hydroxylation is 1. The molecule has 0 fully saturated rings. The molecule has 1 aromatic carbocycles. The number of benzene rings is 1. The minimum atomic E-state index is 0.740. The lowest BCUT2D eigenvalue weighted by Crippen LogP contribution is -1.98. The van der Waals surface area contributed by atoms with Crippen LogP contribution in [0, 0.1) is 0 Å². The lowest BCUT2D eigenvalue weighted by Gasteiger charge is -2.00. The predicted molar refractivity (Wildman–Crippen MR) is 84.2 cm³/mol. The molecule has 2 aromatic heterocycles. The molecule has 3 aromatic rings. The fourth-order valence-electron chi connectivity index (χ4n) is 1.69. The fraction of sp³-hybridized carbons (Fsp3) is 0.231. The second kappa shape index (κ2) is 6.68. The third-order valence-electron chi connectivity index (χ3n) is 2.82.